The average molecular weight is 290 g/mol. The van der Waals surface area contributed by atoms with Crippen molar-refractivity contribution in [3.8, 4) is 5.88 Å². The van der Waals surface area contributed by atoms with E-state index >= 15 is 0 Å². The van der Waals surface area contributed by atoms with E-state index in [1.54, 1.807) is 18.6 Å². The lowest BCUT2D eigenvalue weighted by Gasteiger charge is -2.24. The van der Waals surface area contributed by atoms with Gasteiger partial charge in [-0.25, -0.2) is 0 Å². The molecule has 1 aromatic heterocycles. The maximum absolute atomic E-state index is 5.10. The predicted molar refractivity (Wildman–Crippen MR) is 67.0 cm³/mol. The number of methoxy groups -OCH3 is 1. The summed E-state index contributed by atoms with van der Waals surface area (Å²) in [4.78, 5) is 2.09. The first-order valence-electron chi connectivity index (χ1n) is 5.41. The molecule has 84 valence electrons. The molecule has 1 saturated carbocycles. The van der Waals surface area contributed by atoms with E-state index in [9.17, 15) is 0 Å². The van der Waals surface area contributed by atoms with Crippen LogP contribution in [0.25, 0.3) is 0 Å². The smallest absolute Gasteiger partial charge is 0.225 e. The fourth-order valence-corrected chi connectivity index (χ4v) is 3.83. The van der Waals surface area contributed by atoms with E-state index in [-0.39, 0.29) is 0 Å². The minimum atomic E-state index is 0.728. The highest BCUT2D eigenvalue weighted by atomic mass is 79.9. The van der Waals surface area contributed by atoms with Crippen LogP contribution in [0.2, 0.25) is 0 Å². The zero-order valence-corrected chi connectivity index (χ0v) is 11.3. The molecule has 2 rings (SSSR count). The van der Waals surface area contributed by atoms with Gasteiger partial charge in [0.1, 0.15) is 0 Å². The van der Waals surface area contributed by atoms with E-state index in [1.807, 2.05) is 0 Å². The van der Waals surface area contributed by atoms with Gasteiger partial charge in [0.2, 0.25) is 5.88 Å². The molecule has 1 fully saturated rings. The van der Waals surface area contributed by atoms with Crippen molar-refractivity contribution in [3.63, 3.8) is 0 Å². The third-order valence-corrected chi connectivity index (χ3v) is 4.58. The standard InChI is InChI=1S/C11H16BrNOS/c1-14-11-7-10(15-13-11)6-8-3-2-4-9(12)5-8/h7-9H,2-6H2,1H3. The quantitative estimate of drug-likeness (QED) is 0.793. The number of hydrogen-bond acceptors (Lipinski definition) is 3. The van der Waals surface area contributed by atoms with Gasteiger partial charge in [0, 0.05) is 15.8 Å². The molecule has 0 aromatic carbocycles. The number of ether oxygens (including phenoxy) is 1. The molecule has 0 spiro atoms. The first kappa shape index (κ1) is 11.4. The van der Waals surface area contributed by atoms with Crippen molar-refractivity contribution in [2.75, 3.05) is 7.11 Å². The number of rotatable bonds is 3. The Morgan fingerprint density at radius 3 is 3.13 bits per heavy atom. The van der Waals surface area contributed by atoms with Crippen LogP contribution >= 0.6 is 27.5 Å². The largest absolute Gasteiger partial charge is 0.480 e. The summed E-state index contributed by atoms with van der Waals surface area (Å²) in [6.07, 6.45) is 6.53. The third-order valence-electron chi connectivity index (χ3n) is 2.96. The van der Waals surface area contributed by atoms with Crippen molar-refractivity contribution >= 4 is 27.5 Å². The predicted octanol–water partition coefficient (Wildman–Crippen LogP) is 3.65. The molecule has 2 unspecified atom stereocenters. The summed E-state index contributed by atoms with van der Waals surface area (Å²) in [5.74, 6) is 1.59. The molecule has 1 aromatic rings. The fourth-order valence-electron chi connectivity index (χ4n) is 2.18. The van der Waals surface area contributed by atoms with Gasteiger partial charge in [-0.1, -0.05) is 28.8 Å². The second kappa shape index (κ2) is 5.30. The van der Waals surface area contributed by atoms with E-state index < -0.39 is 0 Å². The lowest BCUT2D eigenvalue weighted by atomic mass is 9.86. The summed E-state index contributed by atoms with van der Waals surface area (Å²) < 4.78 is 9.32. The topological polar surface area (TPSA) is 22.1 Å². The second-order valence-corrected chi connectivity index (χ2v) is 6.35. The maximum atomic E-state index is 5.10. The molecule has 2 nitrogen and oxygen atoms in total. The number of nitrogens with zero attached hydrogens (tertiary/aromatic N) is 1. The van der Waals surface area contributed by atoms with Crippen LogP contribution in [-0.2, 0) is 6.42 Å². The van der Waals surface area contributed by atoms with Crippen LogP contribution in [0.1, 0.15) is 30.6 Å². The monoisotopic (exact) mass is 289 g/mol. The highest BCUT2D eigenvalue weighted by molar-refractivity contribution is 9.09. The Bertz CT molecular complexity index is 315. The fraction of sp³-hybridized carbons (Fsp3) is 0.727. The molecule has 15 heavy (non-hydrogen) atoms. The molecule has 4 heteroatoms. The highest BCUT2D eigenvalue weighted by Crippen LogP contribution is 2.32. The van der Waals surface area contributed by atoms with Crippen LogP contribution in [0.15, 0.2) is 6.07 Å². The minimum Gasteiger partial charge on any atom is -0.480 e. The van der Waals surface area contributed by atoms with Crippen LogP contribution in [0.4, 0.5) is 0 Å². The minimum absolute atomic E-state index is 0.728. The Balaban J connectivity index is 1.90. The SMILES string of the molecule is COc1cc(CC2CCCC(Br)C2)sn1. The van der Waals surface area contributed by atoms with Gasteiger partial charge in [0.05, 0.1) is 7.11 Å². The van der Waals surface area contributed by atoms with Gasteiger partial charge in [-0.3, -0.25) is 0 Å². The Labute approximate surface area is 103 Å². The molecular weight excluding hydrogens is 274 g/mol. The van der Waals surface area contributed by atoms with Crippen LogP contribution in [-0.4, -0.2) is 16.3 Å². The first-order chi connectivity index (χ1) is 7.28. The summed E-state index contributed by atoms with van der Waals surface area (Å²) in [7, 11) is 1.67. The number of halogens is 1. The van der Waals surface area contributed by atoms with Gasteiger partial charge in [-0.15, -0.1) is 0 Å². The molecule has 1 heterocycles. The van der Waals surface area contributed by atoms with Crippen molar-refractivity contribution in [2.45, 2.75) is 36.9 Å². The molecule has 0 saturated heterocycles. The highest BCUT2D eigenvalue weighted by Gasteiger charge is 2.20. The van der Waals surface area contributed by atoms with Gasteiger partial charge in [-0.05, 0) is 36.7 Å². The van der Waals surface area contributed by atoms with Crippen molar-refractivity contribution in [3.05, 3.63) is 10.9 Å². The van der Waals surface area contributed by atoms with E-state index in [0.717, 1.165) is 16.6 Å². The van der Waals surface area contributed by atoms with Crippen molar-refractivity contribution in [2.24, 2.45) is 5.92 Å². The number of hydrogen-bond donors (Lipinski definition) is 0. The first-order valence-corrected chi connectivity index (χ1v) is 7.10. The van der Waals surface area contributed by atoms with E-state index in [2.05, 4.69) is 26.4 Å². The molecule has 1 aliphatic carbocycles. The summed E-state index contributed by atoms with van der Waals surface area (Å²) in [6.45, 7) is 0. The zero-order valence-electron chi connectivity index (χ0n) is 8.91. The zero-order chi connectivity index (χ0) is 10.7. The lowest BCUT2D eigenvalue weighted by Crippen LogP contribution is -2.16. The molecule has 0 bridgehead atoms. The Kier molecular flexibility index (Phi) is 4.03. The van der Waals surface area contributed by atoms with Crippen molar-refractivity contribution in [1.29, 1.82) is 0 Å². The Morgan fingerprint density at radius 2 is 2.47 bits per heavy atom. The van der Waals surface area contributed by atoms with Crippen molar-refractivity contribution in [1.82, 2.24) is 4.37 Å². The van der Waals surface area contributed by atoms with Gasteiger partial charge in [0.15, 0.2) is 0 Å². The van der Waals surface area contributed by atoms with Gasteiger partial charge >= 0.3 is 0 Å². The lowest BCUT2D eigenvalue weighted by molar-refractivity contribution is 0.369. The maximum Gasteiger partial charge on any atom is 0.225 e. The third kappa shape index (κ3) is 3.18. The average Bonchev–Trinajstić information content (AvgIpc) is 2.65. The molecule has 0 N–H and O–H groups in total. The Hall–Kier alpha value is -0.0900. The van der Waals surface area contributed by atoms with Crippen molar-refractivity contribution < 1.29 is 4.74 Å². The van der Waals surface area contributed by atoms with Crippen LogP contribution in [0.3, 0.4) is 0 Å². The Morgan fingerprint density at radius 1 is 1.60 bits per heavy atom. The number of alkyl halides is 1. The van der Waals surface area contributed by atoms with Gasteiger partial charge < -0.3 is 4.74 Å². The molecule has 2 atom stereocenters. The van der Waals surface area contributed by atoms with E-state index in [0.29, 0.717) is 0 Å². The number of aromatic nitrogens is 1. The van der Waals surface area contributed by atoms with E-state index in [1.165, 1.54) is 37.0 Å². The van der Waals surface area contributed by atoms with Crippen LogP contribution in [0.5, 0.6) is 5.88 Å². The van der Waals surface area contributed by atoms with Crippen LogP contribution in [0, 0.1) is 5.92 Å². The molecule has 0 radical (unpaired) electrons. The normalized spacial score (nSPS) is 26.5. The second-order valence-electron chi connectivity index (χ2n) is 4.17. The molecular formula is C11H16BrNOS. The molecule has 0 aliphatic heterocycles. The van der Waals surface area contributed by atoms with Crippen LogP contribution < -0.4 is 4.74 Å². The molecule has 1 aliphatic rings. The molecule has 0 amide bonds. The summed E-state index contributed by atoms with van der Waals surface area (Å²) in [5.41, 5.74) is 0. The van der Waals surface area contributed by atoms with Gasteiger partial charge in [-0.2, -0.15) is 4.37 Å². The van der Waals surface area contributed by atoms with E-state index in [4.69, 9.17) is 4.74 Å². The van der Waals surface area contributed by atoms with Gasteiger partial charge in [0.25, 0.3) is 0 Å². The summed E-state index contributed by atoms with van der Waals surface area (Å²) in [6, 6.07) is 2.07. The summed E-state index contributed by atoms with van der Waals surface area (Å²) >= 11 is 5.30. The summed E-state index contributed by atoms with van der Waals surface area (Å²) in [5, 5.41) is 0.